The normalized spacial score (nSPS) is 13.1. The van der Waals surface area contributed by atoms with Crippen molar-refractivity contribution < 1.29 is 23.0 Å². The van der Waals surface area contributed by atoms with Gasteiger partial charge in [-0.2, -0.15) is 13.2 Å². The van der Waals surface area contributed by atoms with Crippen LogP contribution >= 0.6 is 0 Å². The first kappa shape index (κ1) is 14.4. The predicted octanol–water partition coefficient (Wildman–Crippen LogP) is 3.80. The van der Waals surface area contributed by atoms with E-state index in [1.54, 1.807) is 30.3 Å². The Morgan fingerprint density at radius 3 is 2.25 bits per heavy atom. The van der Waals surface area contributed by atoms with Crippen molar-refractivity contribution in [3.8, 4) is 5.75 Å². The predicted molar refractivity (Wildman–Crippen MR) is 68.5 cm³/mol. The van der Waals surface area contributed by atoms with Gasteiger partial charge in [0.05, 0.1) is 12.7 Å². The lowest BCUT2D eigenvalue weighted by Gasteiger charge is -2.17. The Morgan fingerprint density at radius 1 is 1.05 bits per heavy atom. The van der Waals surface area contributed by atoms with Crippen molar-refractivity contribution in [2.24, 2.45) is 0 Å². The first-order valence-corrected chi connectivity index (χ1v) is 5.91. The van der Waals surface area contributed by atoms with Crippen molar-refractivity contribution in [1.82, 2.24) is 0 Å². The molecule has 2 aromatic carbocycles. The SMILES string of the molecule is COc1ccc(C(F)(F)F)cc1C(O)c1ccccc1. The van der Waals surface area contributed by atoms with Crippen molar-refractivity contribution in [3.63, 3.8) is 0 Å². The van der Waals surface area contributed by atoms with Crippen LogP contribution in [0.2, 0.25) is 0 Å². The molecule has 0 amide bonds. The van der Waals surface area contributed by atoms with Crippen LogP contribution in [0.3, 0.4) is 0 Å². The second kappa shape index (κ2) is 5.54. The van der Waals surface area contributed by atoms with Gasteiger partial charge < -0.3 is 9.84 Å². The van der Waals surface area contributed by atoms with Gasteiger partial charge in [0.1, 0.15) is 11.9 Å². The van der Waals surface area contributed by atoms with E-state index in [0.717, 1.165) is 12.1 Å². The van der Waals surface area contributed by atoms with Crippen LogP contribution in [0, 0.1) is 0 Å². The summed E-state index contributed by atoms with van der Waals surface area (Å²) in [5, 5.41) is 10.2. The van der Waals surface area contributed by atoms with Crippen LogP contribution in [-0.2, 0) is 6.18 Å². The lowest BCUT2D eigenvalue weighted by molar-refractivity contribution is -0.137. The number of hydrogen-bond acceptors (Lipinski definition) is 2. The number of rotatable bonds is 3. The van der Waals surface area contributed by atoms with Crippen LogP contribution in [0.4, 0.5) is 13.2 Å². The average molecular weight is 282 g/mol. The van der Waals surface area contributed by atoms with Crippen LogP contribution in [0.1, 0.15) is 22.8 Å². The molecule has 1 atom stereocenters. The van der Waals surface area contributed by atoms with Crippen molar-refractivity contribution >= 4 is 0 Å². The molecule has 0 aliphatic rings. The zero-order valence-corrected chi connectivity index (χ0v) is 10.7. The highest BCUT2D eigenvalue weighted by Crippen LogP contribution is 2.36. The summed E-state index contributed by atoms with van der Waals surface area (Å²) in [6, 6.07) is 11.5. The fourth-order valence-corrected chi connectivity index (χ4v) is 1.94. The third-order valence-corrected chi connectivity index (χ3v) is 2.97. The van der Waals surface area contributed by atoms with Crippen molar-refractivity contribution in [2.75, 3.05) is 7.11 Å². The summed E-state index contributed by atoms with van der Waals surface area (Å²) in [5.74, 6) is 0.217. The lowest BCUT2D eigenvalue weighted by atomic mass is 9.98. The van der Waals surface area contributed by atoms with E-state index in [1.807, 2.05) is 0 Å². The fourth-order valence-electron chi connectivity index (χ4n) is 1.94. The largest absolute Gasteiger partial charge is 0.496 e. The third-order valence-electron chi connectivity index (χ3n) is 2.97. The average Bonchev–Trinajstić information content (AvgIpc) is 2.45. The van der Waals surface area contributed by atoms with E-state index >= 15 is 0 Å². The number of halogens is 3. The van der Waals surface area contributed by atoms with Crippen molar-refractivity contribution in [2.45, 2.75) is 12.3 Å². The second-order valence-electron chi connectivity index (χ2n) is 4.27. The standard InChI is InChI=1S/C15H13F3O2/c1-20-13-8-7-11(15(16,17)18)9-12(13)14(19)10-5-3-2-4-6-10/h2-9,14,19H,1H3. The van der Waals surface area contributed by atoms with Gasteiger partial charge >= 0.3 is 6.18 Å². The van der Waals surface area contributed by atoms with E-state index in [0.29, 0.717) is 5.56 Å². The third kappa shape index (κ3) is 2.93. The molecular formula is C15H13F3O2. The van der Waals surface area contributed by atoms with Crippen molar-refractivity contribution in [3.05, 3.63) is 65.2 Å². The van der Waals surface area contributed by atoms with Gasteiger partial charge in [-0.15, -0.1) is 0 Å². The highest BCUT2D eigenvalue weighted by molar-refractivity contribution is 5.43. The van der Waals surface area contributed by atoms with Crippen LogP contribution in [0.15, 0.2) is 48.5 Å². The van der Waals surface area contributed by atoms with Gasteiger partial charge in [-0.3, -0.25) is 0 Å². The summed E-state index contributed by atoms with van der Waals surface area (Å²) in [5.41, 5.74) is -0.220. The van der Waals surface area contributed by atoms with Gasteiger partial charge in [-0.25, -0.2) is 0 Å². The Kier molecular flexibility index (Phi) is 3.99. The minimum atomic E-state index is -4.46. The maximum Gasteiger partial charge on any atom is 0.416 e. The number of aliphatic hydroxyl groups excluding tert-OH is 1. The first-order chi connectivity index (χ1) is 9.43. The van der Waals surface area contributed by atoms with Gasteiger partial charge in [0.2, 0.25) is 0 Å². The quantitative estimate of drug-likeness (QED) is 0.928. The fraction of sp³-hybridized carbons (Fsp3) is 0.200. The summed E-state index contributed by atoms with van der Waals surface area (Å²) < 4.78 is 43.3. The summed E-state index contributed by atoms with van der Waals surface area (Å²) in [6.45, 7) is 0. The van der Waals surface area contributed by atoms with Gasteiger partial charge in [0, 0.05) is 5.56 Å². The minimum absolute atomic E-state index is 0.0912. The van der Waals surface area contributed by atoms with Gasteiger partial charge in [0.25, 0.3) is 0 Å². The Labute approximate surface area is 114 Å². The molecule has 0 aliphatic carbocycles. The number of hydrogen-bond donors (Lipinski definition) is 1. The van der Waals surface area contributed by atoms with Gasteiger partial charge in [-0.1, -0.05) is 30.3 Å². The Bertz CT molecular complexity index is 579. The highest BCUT2D eigenvalue weighted by atomic mass is 19.4. The zero-order valence-electron chi connectivity index (χ0n) is 10.7. The smallest absolute Gasteiger partial charge is 0.416 e. The second-order valence-corrected chi connectivity index (χ2v) is 4.27. The molecule has 0 aliphatic heterocycles. The number of aliphatic hydroxyl groups is 1. The highest BCUT2D eigenvalue weighted by Gasteiger charge is 2.32. The van der Waals surface area contributed by atoms with E-state index in [-0.39, 0.29) is 11.3 Å². The molecule has 2 aromatic rings. The summed E-state index contributed by atoms with van der Waals surface area (Å²) in [7, 11) is 1.35. The first-order valence-electron chi connectivity index (χ1n) is 5.91. The molecular weight excluding hydrogens is 269 g/mol. The van der Waals surface area contributed by atoms with Crippen LogP contribution in [0.5, 0.6) is 5.75 Å². The molecule has 0 radical (unpaired) electrons. The number of ether oxygens (including phenoxy) is 1. The van der Waals surface area contributed by atoms with E-state index in [1.165, 1.54) is 13.2 Å². The number of benzene rings is 2. The van der Waals surface area contributed by atoms with Crippen molar-refractivity contribution in [1.29, 1.82) is 0 Å². The summed E-state index contributed by atoms with van der Waals surface area (Å²) in [4.78, 5) is 0. The van der Waals surface area contributed by atoms with Gasteiger partial charge in [-0.05, 0) is 23.8 Å². The van der Waals surface area contributed by atoms with Crippen LogP contribution in [-0.4, -0.2) is 12.2 Å². The minimum Gasteiger partial charge on any atom is -0.496 e. The van der Waals surface area contributed by atoms with E-state index in [2.05, 4.69) is 0 Å². The lowest BCUT2D eigenvalue weighted by Crippen LogP contribution is -2.09. The molecule has 2 nitrogen and oxygen atoms in total. The molecule has 1 N–H and O–H groups in total. The topological polar surface area (TPSA) is 29.5 Å². The molecule has 0 spiro atoms. The monoisotopic (exact) mass is 282 g/mol. The molecule has 5 heteroatoms. The van der Waals surface area contributed by atoms with Gasteiger partial charge in [0.15, 0.2) is 0 Å². The van der Waals surface area contributed by atoms with E-state index < -0.39 is 17.8 Å². The van der Waals surface area contributed by atoms with E-state index in [4.69, 9.17) is 4.74 Å². The van der Waals surface area contributed by atoms with Crippen LogP contribution < -0.4 is 4.74 Å². The molecule has 0 fully saturated rings. The summed E-state index contributed by atoms with van der Waals surface area (Å²) in [6.07, 6.45) is -5.63. The Morgan fingerprint density at radius 2 is 1.70 bits per heavy atom. The molecule has 0 heterocycles. The van der Waals surface area contributed by atoms with E-state index in [9.17, 15) is 18.3 Å². The molecule has 0 bridgehead atoms. The number of alkyl halides is 3. The summed E-state index contributed by atoms with van der Waals surface area (Å²) >= 11 is 0. The molecule has 0 saturated carbocycles. The molecule has 1 unspecified atom stereocenters. The molecule has 2 rings (SSSR count). The maximum atomic E-state index is 12.7. The zero-order chi connectivity index (χ0) is 14.8. The molecule has 0 aromatic heterocycles. The molecule has 0 saturated heterocycles. The maximum absolute atomic E-state index is 12.7. The Hall–Kier alpha value is -2.01. The molecule has 20 heavy (non-hydrogen) atoms. The Balaban J connectivity index is 2.48. The number of methoxy groups -OCH3 is 1. The molecule has 106 valence electrons. The van der Waals surface area contributed by atoms with Crippen LogP contribution in [0.25, 0.3) is 0 Å².